The molecule has 1 atom stereocenters. The average molecular weight is 295 g/mol. The van der Waals surface area contributed by atoms with Crippen LogP contribution in [0.3, 0.4) is 0 Å². The Hall–Kier alpha value is -0.890. The van der Waals surface area contributed by atoms with Gasteiger partial charge in [-0.25, -0.2) is 9.78 Å². The molecule has 0 aliphatic rings. The van der Waals surface area contributed by atoms with E-state index in [1.807, 2.05) is 0 Å². The van der Waals surface area contributed by atoms with Gasteiger partial charge in [0.15, 0.2) is 15.2 Å². The smallest absolute Gasteiger partial charge is 0.351 e. The van der Waals surface area contributed by atoms with Gasteiger partial charge in [-0.2, -0.15) is 0 Å². The molecule has 1 unspecified atom stereocenters. The number of halogens is 1. The van der Waals surface area contributed by atoms with Gasteiger partial charge in [-0.3, -0.25) is 0 Å². The lowest BCUT2D eigenvalue weighted by Crippen LogP contribution is -2.18. The summed E-state index contributed by atoms with van der Waals surface area (Å²) in [5.41, 5.74) is 0. The average Bonchev–Trinajstić information content (AvgIpc) is 2.70. The van der Waals surface area contributed by atoms with Crippen molar-refractivity contribution in [3.8, 4) is 0 Å². The van der Waals surface area contributed by atoms with Gasteiger partial charge in [-0.15, -0.1) is 0 Å². The maximum Gasteiger partial charge on any atom is 0.351 e. The van der Waals surface area contributed by atoms with E-state index in [9.17, 15) is 9.90 Å². The largest absolute Gasteiger partial charge is 0.465 e. The van der Waals surface area contributed by atoms with E-state index >= 15 is 0 Å². The van der Waals surface area contributed by atoms with E-state index in [2.05, 4.69) is 15.0 Å². The Balaban J connectivity index is 2.46. The Labute approximate surface area is 114 Å². The van der Waals surface area contributed by atoms with Crippen molar-refractivity contribution in [1.29, 1.82) is 0 Å². The molecule has 2 N–H and O–H groups in total. The Bertz CT molecular complexity index is 399. The number of carbonyl (C=O) groups excluding carboxylic acids is 1. The molecule has 0 saturated heterocycles. The molecule has 1 aromatic heterocycles. The van der Waals surface area contributed by atoms with Gasteiger partial charge in [-0.1, -0.05) is 22.9 Å². The van der Waals surface area contributed by atoms with Crippen LogP contribution in [-0.4, -0.2) is 49.5 Å². The number of rotatable bonds is 7. The number of ether oxygens (including phenoxy) is 2. The number of aliphatic hydroxyl groups is 1. The number of esters is 1. The number of aromatic nitrogens is 1. The van der Waals surface area contributed by atoms with Gasteiger partial charge in [0.25, 0.3) is 0 Å². The minimum absolute atomic E-state index is 0.117. The minimum atomic E-state index is -0.530. The Morgan fingerprint density at radius 1 is 1.61 bits per heavy atom. The van der Waals surface area contributed by atoms with Gasteiger partial charge >= 0.3 is 5.97 Å². The van der Waals surface area contributed by atoms with Crippen molar-refractivity contribution in [2.75, 3.05) is 32.7 Å². The van der Waals surface area contributed by atoms with Crippen LogP contribution in [0.15, 0.2) is 0 Å². The van der Waals surface area contributed by atoms with Gasteiger partial charge in [0.1, 0.15) is 0 Å². The van der Waals surface area contributed by atoms with Crippen molar-refractivity contribution in [2.45, 2.75) is 12.5 Å². The number of anilines is 1. The second kappa shape index (κ2) is 7.52. The molecule has 8 heteroatoms. The van der Waals surface area contributed by atoms with Gasteiger partial charge in [0.05, 0.1) is 19.8 Å². The van der Waals surface area contributed by atoms with Crippen LogP contribution in [-0.2, 0) is 9.47 Å². The fourth-order valence-corrected chi connectivity index (χ4v) is 2.35. The molecule has 0 aliphatic heterocycles. The molecular weight excluding hydrogens is 280 g/mol. The quantitative estimate of drug-likeness (QED) is 0.740. The summed E-state index contributed by atoms with van der Waals surface area (Å²) in [5, 5.41) is 13.0. The van der Waals surface area contributed by atoms with Crippen LogP contribution < -0.4 is 5.32 Å². The normalized spacial score (nSPS) is 12.2. The van der Waals surface area contributed by atoms with E-state index in [1.54, 1.807) is 0 Å². The third-order valence-electron chi connectivity index (χ3n) is 2.07. The molecule has 102 valence electrons. The molecule has 0 aromatic carbocycles. The first-order valence-corrected chi connectivity index (χ1v) is 6.43. The van der Waals surface area contributed by atoms with Crippen LogP contribution in [0.1, 0.15) is 16.1 Å². The van der Waals surface area contributed by atoms with Crippen molar-refractivity contribution in [3.63, 3.8) is 0 Å². The van der Waals surface area contributed by atoms with Crippen LogP contribution in [0.4, 0.5) is 5.13 Å². The lowest BCUT2D eigenvalue weighted by Gasteiger charge is -2.08. The summed E-state index contributed by atoms with van der Waals surface area (Å²) in [5.74, 6) is -0.509. The zero-order valence-electron chi connectivity index (χ0n) is 10.1. The maximum absolute atomic E-state index is 11.3. The summed E-state index contributed by atoms with van der Waals surface area (Å²) >= 11 is 6.91. The van der Waals surface area contributed by atoms with E-state index in [1.165, 1.54) is 14.2 Å². The van der Waals surface area contributed by atoms with Crippen LogP contribution in [0.25, 0.3) is 0 Å². The highest BCUT2D eigenvalue weighted by Crippen LogP contribution is 2.27. The first kappa shape index (κ1) is 15.2. The molecular formula is C10H15ClN2O4S. The number of hydrogen-bond acceptors (Lipinski definition) is 7. The molecule has 18 heavy (non-hydrogen) atoms. The number of nitrogens with one attached hydrogen (secondary N) is 1. The molecule has 0 bridgehead atoms. The molecule has 6 nitrogen and oxygen atoms in total. The Kier molecular flexibility index (Phi) is 6.34. The van der Waals surface area contributed by atoms with Gasteiger partial charge in [-0.05, 0) is 6.42 Å². The summed E-state index contributed by atoms with van der Waals surface area (Å²) in [7, 11) is 2.81. The summed E-state index contributed by atoms with van der Waals surface area (Å²) in [6.45, 7) is 0.794. The number of hydrogen-bond donors (Lipinski definition) is 2. The van der Waals surface area contributed by atoms with E-state index in [-0.39, 0.29) is 16.6 Å². The minimum Gasteiger partial charge on any atom is -0.465 e. The van der Waals surface area contributed by atoms with Gasteiger partial charge in [0, 0.05) is 13.7 Å². The molecule has 0 spiro atoms. The van der Waals surface area contributed by atoms with E-state index < -0.39 is 12.1 Å². The topological polar surface area (TPSA) is 80.7 Å². The molecule has 0 aliphatic carbocycles. The van der Waals surface area contributed by atoms with Crippen LogP contribution >= 0.6 is 22.9 Å². The molecule has 1 rings (SSSR count). The van der Waals surface area contributed by atoms with Crippen molar-refractivity contribution < 1.29 is 19.4 Å². The lowest BCUT2D eigenvalue weighted by atomic mass is 10.3. The van der Waals surface area contributed by atoms with Gasteiger partial charge < -0.3 is 19.9 Å². The predicted molar refractivity (Wildman–Crippen MR) is 69.5 cm³/mol. The highest BCUT2D eigenvalue weighted by atomic mass is 35.5. The Morgan fingerprint density at radius 2 is 2.33 bits per heavy atom. The van der Waals surface area contributed by atoms with Crippen LogP contribution in [0, 0.1) is 0 Å². The summed E-state index contributed by atoms with van der Waals surface area (Å²) in [6, 6.07) is 0. The number of carbonyl (C=O) groups is 1. The molecule has 0 saturated carbocycles. The van der Waals surface area contributed by atoms with Crippen LogP contribution in [0.2, 0.25) is 5.15 Å². The zero-order chi connectivity index (χ0) is 13.5. The standard InChI is InChI=1S/C10H15ClN2O4S/c1-16-5-6(14)3-4-12-10-13-8(11)7(18-10)9(15)17-2/h6,14H,3-5H2,1-2H3,(H,12,13). The van der Waals surface area contributed by atoms with Crippen molar-refractivity contribution in [1.82, 2.24) is 4.98 Å². The van der Waals surface area contributed by atoms with Crippen molar-refractivity contribution in [3.05, 3.63) is 10.0 Å². The fraction of sp³-hybridized carbons (Fsp3) is 0.600. The second-order valence-electron chi connectivity index (χ2n) is 3.46. The third kappa shape index (κ3) is 4.41. The van der Waals surface area contributed by atoms with Crippen molar-refractivity contribution in [2.24, 2.45) is 0 Å². The highest BCUT2D eigenvalue weighted by Gasteiger charge is 2.17. The fourth-order valence-electron chi connectivity index (χ4n) is 1.22. The highest BCUT2D eigenvalue weighted by molar-refractivity contribution is 7.18. The second-order valence-corrected chi connectivity index (χ2v) is 4.81. The predicted octanol–water partition coefficient (Wildman–Crippen LogP) is 1.39. The van der Waals surface area contributed by atoms with E-state index in [0.29, 0.717) is 18.1 Å². The number of methoxy groups -OCH3 is 2. The third-order valence-corrected chi connectivity index (χ3v) is 3.45. The molecule has 1 aromatic rings. The van der Waals surface area contributed by atoms with E-state index in [4.69, 9.17) is 16.3 Å². The summed E-state index contributed by atoms with van der Waals surface area (Å²) in [4.78, 5) is 15.5. The number of aliphatic hydroxyl groups excluding tert-OH is 1. The monoisotopic (exact) mass is 294 g/mol. The lowest BCUT2D eigenvalue weighted by molar-refractivity contribution is 0.0605. The first-order valence-electron chi connectivity index (χ1n) is 5.24. The first-order chi connectivity index (χ1) is 8.58. The summed E-state index contributed by atoms with van der Waals surface area (Å²) in [6.07, 6.45) is -0.0171. The molecule has 0 fully saturated rings. The number of nitrogens with zero attached hydrogens (tertiary/aromatic N) is 1. The van der Waals surface area contributed by atoms with E-state index in [0.717, 1.165) is 11.3 Å². The zero-order valence-corrected chi connectivity index (χ0v) is 11.7. The Morgan fingerprint density at radius 3 is 2.94 bits per heavy atom. The summed E-state index contributed by atoms with van der Waals surface area (Å²) < 4.78 is 9.37. The molecule has 1 heterocycles. The molecule has 0 amide bonds. The SMILES string of the molecule is COCC(O)CCNc1nc(Cl)c(C(=O)OC)s1. The number of thiazole rings is 1. The van der Waals surface area contributed by atoms with Crippen molar-refractivity contribution >= 4 is 34.0 Å². The van der Waals surface area contributed by atoms with Crippen LogP contribution in [0.5, 0.6) is 0 Å². The molecule has 0 radical (unpaired) electrons. The van der Waals surface area contributed by atoms with Gasteiger partial charge in [0.2, 0.25) is 0 Å². The maximum atomic E-state index is 11.3.